The second kappa shape index (κ2) is 5.24. The van der Waals surface area contributed by atoms with Crippen LogP contribution in [-0.2, 0) is 0 Å². The van der Waals surface area contributed by atoms with Crippen LogP contribution in [0.25, 0.3) is 11.5 Å². The lowest BCUT2D eigenvalue weighted by molar-refractivity contribution is 0.0983. The second-order valence-electron chi connectivity index (χ2n) is 5.18. The summed E-state index contributed by atoms with van der Waals surface area (Å²) in [5.41, 5.74) is 2.34. The summed E-state index contributed by atoms with van der Waals surface area (Å²) in [5, 5.41) is 6.99. The molecule has 1 aliphatic rings. The van der Waals surface area contributed by atoms with Gasteiger partial charge in [-0.25, -0.2) is 9.97 Å². The molecule has 0 radical (unpaired) electrons. The maximum Gasteiger partial charge on any atom is 0.281 e. The molecule has 3 aromatic heterocycles. The molecule has 1 amide bonds. The molecule has 0 aliphatic carbocycles. The van der Waals surface area contributed by atoms with Crippen LogP contribution in [0.2, 0.25) is 0 Å². The number of pyridine rings is 1. The molecular weight excluding hydrogens is 298 g/mol. The van der Waals surface area contributed by atoms with Crippen molar-refractivity contribution in [2.24, 2.45) is 0 Å². The largest absolute Gasteiger partial charge is 0.441 e. The molecule has 0 aromatic carbocycles. The number of nitrogens with zero attached hydrogens (tertiary/aromatic N) is 4. The molecular formula is C15H13N5O3. The number of fused-ring (bicyclic) bond motifs is 1. The van der Waals surface area contributed by atoms with Gasteiger partial charge in [0.15, 0.2) is 23.5 Å². The van der Waals surface area contributed by atoms with E-state index in [0.717, 1.165) is 11.3 Å². The summed E-state index contributed by atoms with van der Waals surface area (Å²) in [4.78, 5) is 23.0. The molecule has 8 nitrogen and oxygen atoms in total. The van der Waals surface area contributed by atoms with Crippen LogP contribution in [0, 0.1) is 6.92 Å². The predicted molar refractivity (Wildman–Crippen MR) is 81.1 cm³/mol. The molecule has 0 saturated carbocycles. The van der Waals surface area contributed by atoms with Crippen molar-refractivity contribution < 1.29 is 13.7 Å². The third-order valence-electron chi connectivity index (χ3n) is 3.61. The number of hydrogen-bond acceptors (Lipinski definition) is 7. The fraction of sp³-hybridized carbons (Fsp3) is 0.200. The minimum Gasteiger partial charge on any atom is -0.441 e. The number of hydrogen-bond donors (Lipinski definition) is 1. The van der Waals surface area contributed by atoms with Crippen LogP contribution in [0.5, 0.6) is 0 Å². The van der Waals surface area contributed by atoms with Crippen LogP contribution in [-0.4, -0.2) is 34.1 Å². The Morgan fingerprint density at radius 3 is 3.13 bits per heavy atom. The van der Waals surface area contributed by atoms with Crippen molar-refractivity contribution >= 4 is 17.4 Å². The second-order valence-corrected chi connectivity index (χ2v) is 5.18. The lowest BCUT2D eigenvalue weighted by Crippen LogP contribution is -2.39. The molecule has 0 unspecified atom stereocenters. The van der Waals surface area contributed by atoms with E-state index < -0.39 is 0 Å². The molecule has 1 N–H and O–H groups in total. The van der Waals surface area contributed by atoms with E-state index in [9.17, 15) is 4.79 Å². The fourth-order valence-corrected chi connectivity index (χ4v) is 2.55. The quantitative estimate of drug-likeness (QED) is 0.774. The maximum atomic E-state index is 12.9. The van der Waals surface area contributed by atoms with Crippen molar-refractivity contribution in [1.29, 1.82) is 0 Å². The summed E-state index contributed by atoms with van der Waals surface area (Å²) in [6.07, 6.45) is 4.41. The number of rotatable bonds is 2. The van der Waals surface area contributed by atoms with E-state index in [1.54, 1.807) is 17.2 Å². The van der Waals surface area contributed by atoms with E-state index >= 15 is 0 Å². The summed E-state index contributed by atoms with van der Waals surface area (Å²) < 4.78 is 10.1. The fourth-order valence-electron chi connectivity index (χ4n) is 2.55. The summed E-state index contributed by atoms with van der Waals surface area (Å²) >= 11 is 0. The Bertz CT molecular complexity index is 856. The van der Waals surface area contributed by atoms with E-state index in [2.05, 4.69) is 20.4 Å². The van der Waals surface area contributed by atoms with Gasteiger partial charge in [-0.15, -0.1) is 0 Å². The Morgan fingerprint density at radius 1 is 1.39 bits per heavy atom. The van der Waals surface area contributed by atoms with Crippen molar-refractivity contribution in [2.75, 3.05) is 23.3 Å². The van der Waals surface area contributed by atoms with Gasteiger partial charge in [0, 0.05) is 25.4 Å². The minimum absolute atomic E-state index is 0.202. The van der Waals surface area contributed by atoms with Gasteiger partial charge in [-0.3, -0.25) is 4.79 Å². The Morgan fingerprint density at radius 2 is 2.30 bits per heavy atom. The van der Waals surface area contributed by atoms with Crippen molar-refractivity contribution in [1.82, 2.24) is 15.1 Å². The van der Waals surface area contributed by atoms with Crippen LogP contribution in [0.15, 0.2) is 39.9 Å². The number of oxazole rings is 1. The molecule has 4 rings (SSSR count). The number of aryl methyl sites for hydroxylation is 1. The summed E-state index contributed by atoms with van der Waals surface area (Å²) in [5.74, 6) is 0.720. The van der Waals surface area contributed by atoms with Gasteiger partial charge in [-0.05, 0) is 18.6 Å². The van der Waals surface area contributed by atoms with Gasteiger partial charge >= 0.3 is 0 Å². The molecule has 0 saturated heterocycles. The maximum absolute atomic E-state index is 12.9. The molecule has 116 valence electrons. The third kappa shape index (κ3) is 2.24. The molecule has 0 spiro atoms. The molecule has 0 fully saturated rings. The van der Waals surface area contributed by atoms with E-state index in [1.807, 2.05) is 13.0 Å². The first-order valence-corrected chi connectivity index (χ1v) is 7.10. The molecule has 1 aliphatic heterocycles. The van der Waals surface area contributed by atoms with Crippen molar-refractivity contribution in [3.05, 3.63) is 42.2 Å². The first-order valence-electron chi connectivity index (χ1n) is 7.10. The van der Waals surface area contributed by atoms with Crippen LogP contribution in [0.1, 0.15) is 16.1 Å². The van der Waals surface area contributed by atoms with E-state index in [-0.39, 0.29) is 11.6 Å². The number of aromatic nitrogens is 3. The Kier molecular flexibility index (Phi) is 3.07. The highest BCUT2D eigenvalue weighted by molar-refractivity contribution is 6.09. The van der Waals surface area contributed by atoms with E-state index in [4.69, 9.17) is 8.94 Å². The lowest BCUT2D eigenvalue weighted by Gasteiger charge is -2.29. The molecule has 0 atom stereocenters. The average Bonchev–Trinajstić information content (AvgIpc) is 3.24. The standard InChI is InChI=1S/C15H13N5O3/c1-9-6-11-14(17-7-9)16-3-4-20(11)15(21)12-13(22-8-18-12)10-2-5-23-19-10/h2,5-8H,3-4H2,1H3,(H,16,17). The summed E-state index contributed by atoms with van der Waals surface area (Å²) in [6, 6.07) is 3.54. The SMILES string of the molecule is Cc1cnc2c(c1)N(C(=O)c1ncoc1-c1ccon1)CCN2. The van der Waals surface area contributed by atoms with Crippen LogP contribution in [0.3, 0.4) is 0 Å². The van der Waals surface area contributed by atoms with Crippen molar-refractivity contribution in [3.63, 3.8) is 0 Å². The van der Waals surface area contributed by atoms with Crippen molar-refractivity contribution in [3.8, 4) is 11.5 Å². The van der Waals surface area contributed by atoms with Gasteiger partial charge in [-0.2, -0.15) is 0 Å². The average molecular weight is 311 g/mol. The Labute approximate surface area is 131 Å². The number of anilines is 2. The smallest absolute Gasteiger partial charge is 0.281 e. The number of nitrogens with one attached hydrogen (secondary N) is 1. The minimum atomic E-state index is -0.257. The van der Waals surface area contributed by atoms with Crippen LogP contribution >= 0.6 is 0 Å². The number of amides is 1. The topological polar surface area (TPSA) is 97.3 Å². The zero-order valence-electron chi connectivity index (χ0n) is 12.3. The first kappa shape index (κ1) is 13.5. The lowest BCUT2D eigenvalue weighted by atomic mass is 10.2. The summed E-state index contributed by atoms with van der Waals surface area (Å²) in [6.45, 7) is 3.06. The summed E-state index contributed by atoms with van der Waals surface area (Å²) in [7, 11) is 0. The molecule has 0 bridgehead atoms. The molecule has 23 heavy (non-hydrogen) atoms. The van der Waals surface area contributed by atoms with Gasteiger partial charge in [0.05, 0.1) is 5.69 Å². The van der Waals surface area contributed by atoms with Crippen LogP contribution < -0.4 is 10.2 Å². The Hall–Kier alpha value is -3.16. The van der Waals surface area contributed by atoms with Gasteiger partial charge in [-0.1, -0.05) is 5.16 Å². The molecule has 3 aromatic rings. The van der Waals surface area contributed by atoms with Crippen LogP contribution in [0.4, 0.5) is 11.5 Å². The Balaban J connectivity index is 1.75. The predicted octanol–water partition coefficient (Wildman–Crippen LogP) is 2.11. The van der Waals surface area contributed by atoms with Gasteiger partial charge in [0.1, 0.15) is 12.1 Å². The van der Waals surface area contributed by atoms with Gasteiger partial charge in [0.25, 0.3) is 5.91 Å². The monoisotopic (exact) mass is 311 g/mol. The van der Waals surface area contributed by atoms with Crippen molar-refractivity contribution in [2.45, 2.75) is 6.92 Å². The molecule has 8 heteroatoms. The third-order valence-corrected chi connectivity index (χ3v) is 3.61. The van der Waals surface area contributed by atoms with E-state index in [1.165, 1.54) is 12.7 Å². The van der Waals surface area contributed by atoms with E-state index in [0.29, 0.717) is 30.4 Å². The first-order chi connectivity index (χ1) is 11.2. The molecule has 4 heterocycles. The van der Waals surface area contributed by atoms with Gasteiger partial charge in [0.2, 0.25) is 0 Å². The normalized spacial score (nSPS) is 13.5. The zero-order chi connectivity index (χ0) is 15.8. The zero-order valence-corrected chi connectivity index (χ0v) is 12.3. The highest BCUT2D eigenvalue weighted by Crippen LogP contribution is 2.30. The highest BCUT2D eigenvalue weighted by Gasteiger charge is 2.29. The van der Waals surface area contributed by atoms with Gasteiger partial charge < -0.3 is 19.2 Å². The number of carbonyl (C=O) groups is 1. The highest BCUT2D eigenvalue weighted by atomic mass is 16.5. The number of carbonyl (C=O) groups excluding carboxylic acids is 1.